The minimum absolute atomic E-state index is 0.805. The Balaban J connectivity index is 2.09. The maximum atomic E-state index is 4.86. The van der Waals surface area contributed by atoms with E-state index in [9.17, 15) is 0 Å². The average molecular weight is 277 g/mol. The van der Waals surface area contributed by atoms with Gasteiger partial charge in [0.2, 0.25) is 0 Å². The molecule has 21 heavy (non-hydrogen) atoms. The number of amidine groups is 1. The van der Waals surface area contributed by atoms with Gasteiger partial charge in [0.05, 0.1) is 12.2 Å². The topological polar surface area (TPSA) is 28.0 Å². The van der Waals surface area contributed by atoms with Gasteiger partial charge in [0.1, 0.15) is 5.84 Å². The van der Waals surface area contributed by atoms with Gasteiger partial charge < -0.3 is 4.90 Å². The molecule has 0 unspecified atom stereocenters. The number of hydrogen-bond donors (Lipinski definition) is 0. The van der Waals surface area contributed by atoms with Gasteiger partial charge in [-0.25, -0.2) is 4.99 Å². The number of hydrogen-bond acceptors (Lipinski definition) is 3. The van der Waals surface area contributed by atoms with E-state index in [1.54, 1.807) is 7.05 Å². The van der Waals surface area contributed by atoms with Crippen LogP contribution in [0.2, 0.25) is 0 Å². The first-order chi connectivity index (χ1) is 10.2. The molecule has 0 bridgehead atoms. The average Bonchev–Trinajstić information content (AvgIpc) is 2.48. The molecule has 0 saturated heterocycles. The molecule has 0 radical (unpaired) electrons. The summed E-state index contributed by atoms with van der Waals surface area (Å²) >= 11 is 0. The summed E-state index contributed by atoms with van der Waals surface area (Å²) in [5.41, 5.74) is 5.78. The maximum Gasteiger partial charge on any atom is 0.133 e. The second-order valence-corrected chi connectivity index (χ2v) is 5.43. The van der Waals surface area contributed by atoms with E-state index >= 15 is 0 Å². The van der Waals surface area contributed by atoms with Crippen LogP contribution < -0.4 is 0 Å². The summed E-state index contributed by atoms with van der Waals surface area (Å²) in [6.45, 7) is 4.99. The van der Waals surface area contributed by atoms with Gasteiger partial charge >= 0.3 is 0 Å². The molecule has 0 fully saturated rings. The zero-order valence-electron chi connectivity index (χ0n) is 12.7. The molecule has 3 heteroatoms. The molecule has 0 spiro atoms. The summed E-state index contributed by atoms with van der Waals surface area (Å²) in [6.07, 6.45) is 8.22. The number of benzene rings is 1. The lowest BCUT2D eigenvalue weighted by Crippen LogP contribution is -2.32. The van der Waals surface area contributed by atoms with Crippen molar-refractivity contribution >= 4 is 17.7 Å². The molecule has 3 rings (SSSR count). The predicted molar refractivity (Wildman–Crippen MR) is 89.6 cm³/mol. The lowest BCUT2D eigenvalue weighted by atomic mass is 10.0. The van der Waals surface area contributed by atoms with Gasteiger partial charge in [-0.2, -0.15) is 0 Å². The van der Waals surface area contributed by atoms with Crippen molar-refractivity contribution in [2.45, 2.75) is 13.8 Å². The molecule has 0 N–H and O–H groups in total. The fourth-order valence-corrected chi connectivity index (χ4v) is 2.51. The third kappa shape index (κ3) is 2.72. The van der Waals surface area contributed by atoms with Crippen molar-refractivity contribution in [1.29, 1.82) is 0 Å². The first-order valence-electron chi connectivity index (χ1n) is 7.11. The maximum absolute atomic E-state index is 4.86. The molecular weight excluding hydrogens is 258 g/mol. The van der Waals surface area contributed by atoms with Crippen molar-refractivity contribution in [3.63, 3.8) is 0 Å². The van der Waals surface area contributed by atoms with Crippen LogP contribution in [0.25, 0.3) is 5.70 Å². The standard InChI is InChI=1S/C18H19N3/c1-13-4-6-15(7-5-13)18-16(11-19-3)12-21-9-8-14(2)10-17(21)20-18/h4-11H,12H2,1-3H3. The Morgan fingerprint density at radius 1 is 1.19 bits per heavy atom. The molecule has 0 saturated carbocycles. The molecule has 0 aromatic heterocycles. The third-order valence-corrected chi connectivity index (χ3v) is 3.65. The van der Waals surface area contributed by atoms with Crippen LogP contribution in [0.4, 0.5) is 0 Å². The largest absolute Gasteiger partial charge is 0.328 e. The van der Waals surface area contributed by atoms with Crippen LogP contribution in [-0.2, 0) is 0 Å². The highest BCUT2D eigenvalue weighted by Gasteiger charge is 2.20. The Kier molecular flexibility index (Phi) is 3.57. The molecule has 3 nitrogen and oxygen atoms in total. The normalized spacial score (nSPS) is 18.0. The van der Waals surface area contributed by atoms with Gasteiger partial charge in [0, 0.05) is 30.6 Å². The Morgan fingerprint density at radius 3 is 2.67 bits per heavy atom. The van der Waals surface area contributed by atoms with Gasteiger partial charge in [0.15, 0.2) is 0 Å². The second kappa shape index (κ2) is 5.52. The first kappa shape index (κ1) is 13.6. The van der Waals surface area contributed by atoms with Crippen molar-refractivity contribution in [1.82, 2.24) is 4.90 Å². The Labute approximate surface area is 125 Å². The number of rotatable bonds is 2. The van der Waals surface area contributed by atoms with Crippen molar-refractivity contribution in [3.05, 3.63) is 64.9 Å². The number of allylic oxidation sites excluding steroid dienone is 2. The Bertz CT molecular complexity index is 700. The zero-order valence-corrected chi connectivity index (χ0v) is 12.7. The van der Waals surface area contributed by atoms with Gasteiger partial charge in [-0.05, 0) is 31.6 Å². The first-order valence-corrected chi connectivity index (χ1v) is 7.11. The smallest absolute Gasteiger partial charge is 0.133 e. The van der Waals surface area contributed by atoms with Crippen molar-refractivity contribution in [2.75, 3.05) is 13.6 Å². The minimum Gasteiger partial charge on any atom is -0.328 e. The van der Waals surface area contributed by atoms with E-state index in [2.05, 4.69) is 66.4 Å². The second-order valence-electron chi connectivity index (χ2n) is 5.43. The number of fused-ring (bicyclic) bond motifs is 1. The Morgan fingerprint density at radius 2 is 1.95 bits per heavy atom. The summed E-state index contributed by atoms with van der Waals surface area (Å²) < 4.78 is 0. The summed E-state index contributed by atoms with van der Waals surface area (Å²) in [6, 6.07) is 8.50. The quantitative estimate of drug-likeness (QED) is 0.759. The molecular formula is C18H19N3. The number of aliphatic imine (C=N–C) groups is 2. The van der Waals surface area contributed by atoms with Crippen LogP contribution in [0.1, 0.15) is 18.1 Å². The molecule has 1 aromatic rings. The summed E-state index contributed by atoms with van der Waals surface area (Å²) in [4.78, 5) is 11.2. The van der Waals surface area contributed by atoms with Gasteiger partial charge in [-0.3, -0.25) is 4.99 Å². The molecule has 2 aliphatic heterocycles. The lowest BCUT2D eigenvalue weighted by molar-refractivity contribution is 0.606. The van der Waals surface area contributed by atoms with E-state index in [1.807, 2.05) is 6.21 Å². The van der Waals surface area contributed by atoms with Crippen molar-refractivity contribution in [2.24, 2.45) is 9.98 Å². The summed E-state index contributed by atoms with van der Waals surface area (Å²) in [5, 5.41) is 0. The number of nitrogens with zero attached hydrogens (tertiary/aromatic N) is 3. The van der Waals surface area contributed by atoms with E-state index in [0.717, 1.165) is 29.2 Å². The van der Waals surface area contributed by atoms with Crippen LogP contribution in [0.3, 0.4) is 0 Å². The van der Waals surface area contributed by atoms with Gasteiger partial charge in [-0.15, -0.1) is 0 Å². The molecule has 0 amide bonds. The fourth-order valence-electron chi connectivity index (χ4n) is 2.51. The van der Waals surface area contributed by atoms with Crippen LogP contribution in [0.15, 0.2) is 63.7 Å². The summed E-state index contributed by atoms with van der Waals surface area (Å²) in [7, 11) is 1.80. The molecule has 0 atom stereocenters. The highest BCUT2D eigenvalue weighted by molar-refractivity contribution is 6.05. The van der Waals surface area contributed by atoms with E-state index < -0.39 is 0 Å². The molecule has 106 valence electrons. The van der Waals surface area contributed by atoms with Crippen LogP contribution in [0, 0.1) is 6.92 Å². The monoisotopic (exact) mass is 277 g/mol. The molecule has 0 aliphatic carbocycles. The zero-order chi connectivity index (χ0) is 14.8. The lowest BCUT2D eigenvalue weighted by Gasteiger charge is -2.29. The van der Waals surface area contributed by atoms with Crippen LogP contribution >= 0.6 is 0 Å². The van der Waals surface area contributed by atoms with Crippen LogP contribution in [0.5, 0.6) is 0 Å². The molecule has 2 aliphatic rings. The molecule has 1 aromatic carbocycles. The highest BCUT2D eigenvalue weighted by atomic mass is 15.2. The van der Waals surface area contributed by atoms with Crippen molar-refractivity contribution < 1.29 is 0 Å². The highest BCUT2D eigenvalue weighted by Crippen LogP contribution is 2.27. The van der Waals surface area contributed by atoms with Gasteiger partial charge in [-0.1, -0.05) is 29.8 Å². The third-order valence-electron chi connectivity index (χ3n) is 3.65. The summed E-state index contributed by atoms with van der Waals surface area (Å²) in [5.74, 6) is 0.999. The van der Waals surface area contributed by atoms with Crippen molar-refractivity contribution in [3.8, 4) is 0 Å². The molecule has 2 heterocycles. The minimum atomic E-state index is 0.805. The number of aryl methyl sites for hydroxylation is 1. The fraction of sp³-hybridized carbons (Fsp3) is 0.222. The van der Waals surface area contributed by atoms with E-state index in [1.165, 1.54) is 11.1 Å². The SMILES string of the molecule is CN=CC1=C(c2ccc(C)cc2)N=C2C=C(C)C=CN2C1. The van der Waals surface area contributed by atoms with Crippen LogP contribution in [-0.4, -0.2) is 30.5 Å². The van der Waals surface area contributed by atoms with Gasteiger partial charge in [0.25, 0.3) is 0 Å². The predicted octanol–water partition coefficient (Wildman–Crippen LogP) is 3.59. The Hall–Kier alpha value is -2.42. The van der Waals surface area contributed by atoms with E-state index in [-0.39, 0.29) is 0 Å². The van der Waals surface area contributed by atoms with E-state index in [0.29, 0.717) is 0 Å². The van der Waals surface area contributed by atoms with E-state index in [4.69, 9.17) is 4.99 Å².